The molecule has 2 aromatic carbocycles. The van der Waals surface area contributed by atoms with Gasteiger partial charge in [0.05, 0.1) is 17.3 Å². The molecule has 0 aliphatic heterocycles. The van der Waals surface area contributed by atoms with Crippen LogP contribution >= 0.6 is 11.3 Å². The molecule has 1 saturated carbocycles. The molecule has 0 unspecified atom stereocenters. The van der Waals surface area contributed by atoms with Crippen LogP contribution in [0.4, 0.5) is 0 Å². The third kappa shape index (κ3) is 2.13. The second-order valence-electron chi connectivity index (χ2n) is 5.68. The van der Waals surface area contributed by atoms with E-state index >= 15 is 0 Å². The molecule has 0 spiro atoms. The van der Waals surface area contributed by atoms with Crippen molar-refractivity contribution in [1.29, 1.82) is 5.26 Å². The SMILES string of the molecule is N#Cc1ccc(-c2csc(C3(c4ccccc4)CC3)n2)cc1. The highest BCUT2D eigenvalue weighted by Gasteiger charge is 2.48. The fourth-order valence-electron chi connectivity index (χ4n) is 2.85. The zero-order valence-electron chi connectivity index (χ0n) is 12.0. The number of nitriles is 1. The van der Waals surface area contributed by atoms with E-state index in [0.717, 1.165) is 11.3 Å². The van der Waals surface area contributed by atoms with E-state index in [2.05, 4.69) is 41.8 Å². The van der Waals surface area contributed by atoms with E-state index in [1.165, 1.54) is 23.4 Å². The molecule has 0 bridgehead atoms. The summed E-state index contributed by atoms with van der Waals surface area (Å²) in [5.41, 5.74) is 4.27. The molecule has 4 rings (SSSR count). The molecule has 0 radical (unpaired) electrons. The van der Waals surface area contributed by atoms with Crippen molar-refractivity contribution in [2.24, 2.45) is 0 Å². The number of thiazole rings is 1. The summed E-state index contributed by atoms with van der Waals surface area (Å²) in [5.74, 6) is 0. The molecule has 2 nitrogen and oxygen atoms in total. The number of hydrogen-bond donors (Lipinski definition) is 0. The largest absolute Gasteiger partial charge is 0.240 e. The van der Waals surface area contributed by atoms with Gasteiger partial charge >= 0.3 is 0 Å². The highest BCUT2D eigenvalue weighted by atomic mass is 32.1. The van der Waals surface area contributed by atoms with E-state index in [-0.39, 0.29) is 5.41 Å². The third-order valence-corrected chi connectivity index (χ3v) is 5.35. The van der Waals surface area contributed by atoms with Crippen molar-refractivity contribution in [1.82, 2.24) is 4.98 Å². The molecule has 0 N–H and O–H groups in total. The highest BCUT2D eigenvalue weighted by Crippen LogP contribution is 2.54. The maximum atomic E-state index is 8.88. The number of rotatable bonds is 3. The predicted octanol–water partition coefficient (Wildman–Crippen LogP) is 4.76. The third-order valence-electron chi connectivity index (χ3n) is 4.30. The highest BCUT2D eigenvalue weighted by molar-refractivity contribution is 7.10. The monoisotopic (exact) mass is 302 g/mol. The molecule has 1 heterocycles. The molecular formula is C19H14N2S. The van der Waals surface area contributed by atoms with Gasteiger partial charge in [-0.1, -0.05) is 42.5 Å². The lowest BCUT2D eigenvalue weighted by molar-refractivity contribution is 0.834. The van der Waals surface area contributed by atoms with Crippen molar-refractivity contribution >= 4 is 11.3 Å². The number of hydrogen-bond acceptors (Lipinski definition) is 3. The first-order valence-electron chi connectivity index (χ1n) is 7.34. The topological polar surface area (TPSA) is 36.7 Å². The Kier molecular flexibility index (Phi) is 3.06. The first kappa shape index (κ1) is 13.2. The predicted molar refractivity (Wildman–Crippen MR) is 88.7 cm³/mol. The Morgan fingerprint density at radius 2 is 1.73 bits per heavy atom. The molecule has 3 aromatic rings. The normalized spacial score (nSPS) is 15.2. The van der Waals surface area contributed by atoms with Crippen LogP contribution in [-0.4, -0.2) is 4.98 Å². The minimum atomic E-state index is 0.136. The van der Waals surface area contributed by atoms with Gasteiger partial charge in [-0.25, -0.2) is 4.98 Å². The Morgan fingerprint density at radius 1 is 1.00 bits per heavy atom. The van der Waals surface area contributed by atoms with Crippen LogP contribution in [-0.2, 0) is 5.41 Å². The van der Waals surface area contributed by atoms with Crippen LogP contribution in [0.5, 0.6) is 0 Å². The molecule has 1 aromatic heterocycles. The summed E-state index contributed by atoms with van der Waals surface area (Å²) in [5, 5.41) is 12.2. The minimum absolute atomic E-state index is 0.136. The molecular weight excluding hydrogens is 288 g/mol. The van der Waals surface area contributed by atoms with Crippen LogP contribution in [0, 0.1) is 11.3 Å². The standard InChI is InChI=1S/C19H14N2S/c20-12-14-6-8-15(9-7-14)17-13-22-18(21-17)19(10-11-19)16-4-2-1-3-5-16/h1-9,13H,10-11H2. The van der Waals surface area contributed by atoms with E-state index < -0.39 is 0 Å². The van der Waals surface area contributed by atoms with Crippen LogP contribution in [0.15, 0.2) is 60.0 Å². The number of nitrogens with zero attached hydrogens (tertiary/aromatic N) is 2. The van der Waals surface area contributed by atoms with Crippen LogP contribution < -0.4 is 0 Å². The summed E-state index contributed by atoms with van der Waals surface area (Å²) < 4.78 is 0. The summed E-state index contributed by atoms with van der Waals surface area (Å²) in [4.78, 5) is 4.88. The average molecular weight is 302 g/mol. The molecule has 0 saturated heterocycles. The van der Waals surface area contributed by atoms with Crippen molar-refractivity contribution in [3.8, 4) is 17.3 Å². The Hall–Kier alpha value is -2.44. The molecule has 106 valence electrons. The van der Waals surface area contributed by atoms with Crippen LogP contribution in [0.2, 0.25) is 0 Å². The smallest absolute Gasteiger partial charge is 0.104 e. The van der Waals surface area contributed by atoms with Gasteiger partial charge in [-0.3, -0.25) is 0 Å². The Bertz CT molecular complexity index is 837. The van der Waals surface area contributed by atoms with Gasteiger partial charge in [0.2, 0.25) is 0 Å². The van der Waals surface area contributed by atoms with E-state index in [4.69, 9.17) is 10.2 Å². The number of aromatic nitrogens is 1. The quantitative estimate of drug-likeness (QED) is 0.699. The Balaban J connectivity index is 1.68. The molecule has 22 heavy (non-hydrogen) atoms. The van der Waals surface area contributed by atoms with Gasteiger partial charge in [0.25, 0.3) is 0 Å². The zero-order valence-corrected chi connectivity index (χ0v) is 12.8. The summed E-state index contributed by atoms with van der Waals surface area (Å²) in [6.07, 6.45) is 2.36. The second kappa shape index (κ2) is 5.08. The van der Waals surface area contributed by atoms with Crippen LogP contribution in [0.3, 0.4) is 0 Å². The van der Waals surface area contributed by atoms with Gasteiger partial charge in [-0.05, 0) is 30.5 Å². The fourth-order valence-corrected chi connectivity index (χ4v) is 3.96. The summed E-state index contributed by atoms with van der Waals surface area (Å²) in [7, 11) is 0. The van der Waals surface area contributed by atoms with Gasteiger partial charge in [0, 0.05) is 16.4 Å². The van der Waals surface area contributed by atoms with Gasteiger partial charge < -0.3 is 0 Å². The maximum Gasteiger partial charge on any atom is 0.104 e. The van der Waals surface area contributed by atoms with E-state index in [9.17, 15) is 0 Å². The molecule has 1 fully saturated rings. The maximum absolute atomic E-state index is 8.88. The lowest BCUT2D eigenvalue weighted by Gasteiger charge is -2.12. The molecule has 0 amide bonds. The van der Waals surface area contributed by atoms with Gasteiger partial charge in [-0.15, -0.1) is 11.3 Å². The second-order valence-corrected chi connectivity index (χ2v) is 6.53. The van der Waals surface area contributed by atoms with Crippen molar-refractivity contribution < 1.29 is 0 Å². The first-order valence-corrected chi connectivity index (χ1v) is 8.22. The van der Waals surface area contributed by atoms with Crippen molar-refractivity contribution in [3.63, 3.8) is 0 Å². The van der Waals surface area contributed by atoms with E-state index in [0.29, 0.717) is 5.56 Å². The first-order chi connectivity index (χ1) is 10.8. The van der Waals surface area contributed by atoms with Crippen molar-refractivity contribution in [2.45, 2.75) is 18.3 Å². The fraction of sp³-hybridized carbons (Fsp3) is 0.158. The lowest BCUT2D eigenvalue weighted by Crippen LogP contribution is -2.07. The summed E-state index contributed by atoms with van der Waals surface area (Å²) >= 11 is 1.74. The molecule has 1 aliphatic rings. The Labute approximate surface area is 133 Å². The van der Waals surface area contributed by atoms with Crippen molar-refractivity contribution in [2.75, 3.05) is 0 Å². The van der Waals surface area contributed by atoms with E-state index in [1.807, 2.05) is 24.3 Å². The van der Waals surface area contributed by atoms with Gasteiger partial charge in [-0.2, -0.15) is 5.26 Å². The summed E-state index contributed by atoms with van der Waals surface area (Å²) in [6, 6.07) is 20.5. The lowest BCUT2D eigenvalue weighted by atomic mass is 9.97. The molecule has 3 heteroatoms. The molecule has 1 aliphatic carbocycles. The van der Waals surface area contributed by atoms with Crippen LogP contribution in [0.1, 0.15) is 29.0 Å². The van der Waals surface area contributed by atoms with Gasteiger partial charge in [0.15, 0.2) is 0 Å². The van der Waals surface area contributed by atoms with E-state index in [1.54, 1.807) is 11.3 Å². The van der Waals surface area contributed by atoms with Gasteiger partial charge in [0.1, 0.15) is 5.01 Å². The minimum Gasteiger partial charge on any atom is -0.240 e. The number of benzene rings is 2. The Morgan fingerprint density at radius 3 is 2.36 bits per heavy atom. The average Bonchev–Trinajstić information content (AvgIpc) is 3.26. The molecule has 0 atom stereocenters. The van der Waals surface area contributed by atoms with Crippen LogP contribution in [0.25, 0.3) is 11.3 Å². The van der Waals surface area contributed by atoms with Crippen molar-refractivity contribution in [3.05, 3.63) is 76.1 Å². The zero-order chi connectivity index (χ0) is 15.0. The summed E-state index contributed by atoms with van der Waals surface area (Å²) in [6.45, 7) is 0.